The van der Waals surface area contributed by atoms with Crippen LogP contribution in [-0.4, -0.2) is 42.2 Å². The Labute approximate surface area is 127 Å². The number of amides is 1. The first kappa shape index (κ1) is 15.8. The number of hydrogen-bond donors (Lipinski definition) is 0. The molecule has 0 bridgehead atoms. The molecule has 1 heterocycles. The largest absolute Gasteiger partial charge is 0.492 e. The lowest BCUT2D eigenvalue weighted by Crippen LogP contribution is -2.51. The Morgan fingerprint density at radius 2 is 2.10 bits per heavy atom. The topological polar surface area (TPSA) is 32.8 Å². The van der Waals surface area contributed by atoms with Gasteiger partial charge < -0.3 is 4.74 Å². The summed E-state index contributed by atoms with van der Waals surface area (Å²) in [5.74, 6) is 0.966. The van der Waals surface area contributed by atoms with Crippen LogP contribution in [0.4, 0.5) is 0 Å². The molecule has 0 spiro atoms. The van der Waals surface area contributed by atoms with Crippen LogP contribution in [0.25, 0.3) is 0 Å². The highest BCUT2D eigenvalue weighted by Gasteiger charge is 2.30. The molecular formula is C17H26N2O2. The normalized spacial score (nSPS) is 17.5. The molecule has 1 amide bonds. The lowest BCUT2D eigenvalue weighted by Gasteiger charge is -2.37. The van der Waals surface area contributed by atoms with Gasteiger partial charge >= 0.3 is 0 Å². The van der Waals surface area contributed by atoms with Crippen molar-refractivity contribution in [3.63, 3.8) is 0 Å². The summed E-state index contributed by atoms with van der Waals surface area (Å²) in [6.07, 6.45) is 1.79. The fraction of sp³-hybridized carbons (Fsp3) is 0.588. The van der Waals surface area contributed by atoms with Crippen LogP contribution in [0.15, 0.2) is 24.3 Å². The third-order valence-corrected chi connectivity index (χ3v) is 3.98. The number of carbonyl (C=O) groups is 1. The molecule has 0 saturated carbocycles. The molecule has 1 atom stereocenters. The maximum Gasteiger partial charge on any atom is 0.243 e. The van der Waals surface area contributed by atoms with Crippen molar-refractivity contribution in [2.24, 2.45) is 5.92 Å². The van der Waals surface area contributed by atoms with Gasteiger partial charge in [0.15, 0.2) is 0 Å². The van der Waals surface area contributed by atoms with Crippen LogP contribution in [-0.2, 0) is 11.2 Å². The fourth-order valence-corrected chi connectivity index (χ4v) is 2.86. The summed E-state index contributed by atoms with van der Waals surface area (Å²) in [6, 6.07) is 8.29. The second kappa shape index (κ2) is 6.94. The van der Waals surface area contributed by atoms with E-state index in [1.807, 2.05) is 31.3 Å². The molecular weight excluding hydrogens is 264 g/mol. The minimum atomic E-state index is -0.0944. The van der Waals surface area contributed by atoms with Crippen LogP contribution in [0.3, 0.4) is 0 Å². The minimum Gasteiger partial charge on any atom is -0.492 e. The zero-order valence-corrected chi connectivity index (χ0v) is 13.5. The van der Waals surface area contributed by atoms with E-state index >= 15 is 0 Å². The van der Waals surface area contributed by atoms with E-state index < -0.39 is 0 Å². The van der Waals surface area contributed by atoms with Crippen LogP contribution in [0.1, 0.15) is 32.8 Å². The summed E-state index contributed by atoms with van der Waals surface area (Å²) < 4.78 is 5.74. The van der Waals surface area contributed by atoms with E-state index in [-0.39, 0.29) is 11.8 Å². The maximum atomic E-state index is 12.7. The molecule has 1 aromatic carbocycles. The lowest BCUT2D eigenvalue weighted by molar-refractivity contribution is -0.155. The number of para-hydroxylation sites is 1. The van der Waals surface area contributed by atoms with Gasteiger partial charge in [-0.15, -0.1) is 0 Å². The highest BCUT2D eigenvalue weighted by molar-refractivity contribution is 5.79. The first-order valence-corrected chi connectivity index (χ1v) is 7.79. The Morgan fingerprint density at radius 3 is 2.76 bits per heavy atom. The van der Waals surface area contributed by atoms with Gasteiger partial charge in [-0.2, -0.15) is 0 Å². The van der Waals surface area contributed by atoms with Crippen LogP contribution < -0.4 is 4.74 Å². The van der Waals surface area contributed by atoms with Crippen LogP contribution in [0.5, 0.6) is 5.75 Å². The minimum absolute atomic E-state index is 0.0944. The zero-order chi connectivity index (χ0) is 15.4. The standard InChI is InChI=1S/C17H26N2O2/c1-5-10-19(13(2)3)18(4)17(20)15-11-14-8-6-7-9-16(14)21-12-15/h6-9,13,15H,5,10-12H2,1-4H3. The van der Waals surface area contributed by atoms with Crippen molar-refractivity contribution in [3.8, 4) is 5.75 Å². The number of nitrogens with zero attached hydrogens (tertiary/aromatic N) is 2. The second-order valence-electron chi connectivity index (χ2n) is 5.94. The van der Waals surface area contributed by atoms with Gasteiger partial charge in [0.1, 0.15) is 12.4 Å². The molecule has 0 saturated heterocycles. The van der Waals surface area contributed by atoms with Gasteiger partial charge in [0, 0.05) is 19.6 Å². The van der Waals surface area contributed by atoms with Crippen LogP contribution in [0.2, 0.25) is 0 Å². The smallest absolute Gasteiger partial charge is 0.243 e. The molecule has 1 aromatic rings. The Morgan fingerprint density at radius 1 is 1.38 bits per heavy atom. The number of benzene rings is 1. The SMILES string of the molecule is CCCN(C(C)C)N(C)C(=O)C1COc2ccccc2C1. The summed E-state index contributed by atoms with van der Waals surface area (Å²) in [4.78, 5) is 12.7. The molecule has 1 aliphatic rings. The van der Waals surface area contributed by atoms with Crippen molar-refractivity contribution < 1.29 is 9.53 Å². The number of fused-ring (bicyclic) bond motifs is 1. The van der Waals surface area contributed by atoms with E-state index in [1.165, 1.54) is 0 Å². The van der Waals surface area contributed by atoms with Gasteiger partial charge in [0.05, 0.1) is 5.92 Å². The fourth-order valence-electron chi connectivity index (χ4n) is 2.86. The first-order valence-electron chi connectivity index (χ1n) is 7.79. The van der Waals surface area contributed by atoms with E-state index in [1.54, 1.807) is 5.01 Å². The monoisotopic (exact) mass is 290 g/mol. The average molecular weight is 290 g/mol. The van der Waals surface area contributed by atoms with Crippen molar-refractivity contribution >= 4 is 5.91 Å². The van der Waals surface area contributed by atoms with E-state index in [2.05, 4.69) is 25.8 Å². The highest BCUT2D eigenvalue weighted by Crippen LogP contribution is 2.27. The molecule has 0 fully saturated rings. The number of hydrogen-bond acceptors (Lipinski definition) is 3. The molecule has 4 nitrogen and oxygen atoms in total. The summed E-state index contributed by atoms with van der Waals surface area (Å²) in [6.45, 7) is 7.73. The molecule has 116 valence electrons. The summed E-state index contributed by atoms with van der Waals surface area (Å²) in [5.41, 5.74) is 1.13. The van der Waals surface area contributed by atoms with Gasteiger partial charge in [-0.1, -0.05) is 25.1 Å². The predicted octanol–water partition coefficient (Wildman–Crippen LogP) is 2.73. The number of ether oxygens (including phenoxy) is 1. The van der Waals surface area contributed by atoms with Gasteiger partial charge in [-0.3, -0.25) is 9.80 Å². The van der Waals surface area contributed by atoms with Gasteiger partial charge in [0.25, 0.3) is 0 Å². The predicted molar refractivity (Wildman–Crippen MR) is 84.0 cm³/mol. The van der Waals surface area contributed by atoms with Crippen molar-refractivity contribution in [2.75, 3.05) is 20.2 Å². The number of carbonyl (C=O) groups excluding carboxylic acids is 1. The maximum absolute atomic E-state index is 12.7. The summed E-state index contributed by atoms with van der Waals surface area (Å²) >= 11 is 0. The van der Waals surface area contributed by atoms with Crippen molar-refractivity contribution in [3.05, 3.63) is 29.8 Å². The summed E-state index contributed by atoms with van der Waals surface area (Å²) in [7, 11) is 1.87. The van der Waals surface area contributed by atoms with Crippen LogP contribution >= 0.6 is 0 Å². The molecule has 0 aromatic heterocycles. The van der Waals surface area contributed by atoms with Gasteiger partial charge in [0.2, 0.25) is 5.91 Å². The van der Waals surface area contributed by atoms with Crippen molar-refractivity contribution in [2.45, 2.75) is 39.7 Å². The van der Waals surface area contributed by atoms with E-state index in [0.29, 0.717) is 12.6 Å². The highest BCUT2D eigenvalue weighted by atomic mass is 16.5. The molecule has 4 heteroatoms. The quantitative estimate of drug-likeness (QED) is 0.782. The Hall–Kier alpha value is -1.55. The Bertz CT molecular complexity index is 487. The van der Waals surface area contributed by atoms with Gasteiger partial charge in [-0.25, -0.2) is 5.01 Å². The molecule has 0 N–H and O–H groups in total. The van der Waals surface area contributed by atoms with E-state index in [4.69, 9.17) is 4.74 Å². The van der Waals surface area contributed by atoms with Crippen LogP contribution in [0, 0.1) is 5.92 Å². The molecule has 1 aliphatic heterocycles. The first-order chi connectivity index (χ1) is 10.0. The molecule has 21 heavy (non-hydrogen) atoms. The lowest BCUT2D eigenvalue weighted by atomic mass is 9.96. The van der Waals surface area contributed by atoms with E-state index in [9.17, 15) is 4.79 Å². The zero-order valence-electron chi connectivity index (χ0n) is 13.5. The number of hydrazine groups is 1. The third-order valence-electron chi connectivity index (χ3n) is 3.98. The molecule has 2 rings (SSSR count). The molecule has 1 unspecified atom stereocenters. The van der Waals surface area contributed by atoms with Crippen molar-refractivity contribution in [1.29, 1.82) is 0 Å². The number of rotatable bonds is 5. The summed E-state index contributed by atoms with van der Waals surface area (Å²) in [5, 5.41) is 3.92. The molecule has 0 aliphatic carbocycles. The average Bonchev–Trinajstić information content (AvgIpc) is 2.50. The molecule has 0 radical (unpaired) electrons. The van der Waals surface area contributed by atoms with Crippen molar-refractivity contribution in [1.82, 2.24) is 10.0 Å². The Balaban J connectivity index is 2.07. The third kappa shape index (κ3) is 3.56. The Kier molecular flexibility index (Phi) is 5.23. The van der Waals surface area contributed by atoms with Gasteiger partial charge in [-0.05, 0) is 38.3 Å². The van der Waals surface area contributed by atoms with E-state index in [0.717, 1.165) is 30.7 Å². The second-order valence-corrected chi connectivity index (χ2v) is 5.94.